The zero-order valence-electron chi connectivity index (χ0n) is 24.2. The smallest absolute Gasteiger partial charge is 0.355 e. The second-order valence-electron chi connectivity index (χ2n) is 11.0. The van der Waals surface area contributed by atoms with Crippen molar-refractivity contribution >= 4 is 28.8 Å². The van der Waals surface area contributed by atoms with Crippen molar-refractivity contribution in [1.82, 2.24) is 24.4 Å². The van der Waals surface area contributed by atoms with Crippen LogP contribution in [0.4, 0.5) is 10.2 Å². The number of amides is 1. The molecule has 0 unspecified atom stereocenters. The third-order valence-electron chi connectivity index (χ3n) is 8.01. The van der Waals surface area contributed by atoms with Gasteiger partial charge in [0.25, 0.3) is 0 Å². The summed E-state index contributed by atoms with van der Waals surface area (Å²) in [6.07, 6.45) is 4.45. The van der Waals surface area contributed by atoms with Gasteiger partial charge in [-0.05, 0) is 42.7 Å². The van der Waals surface area contributed by atoms with E-state index in [1.165, 1.54) is 34.9 Å². The van der Waals surface area contributed by atoms with Gasteiger partial charge in [0.2, 0.25) is 5.91 Å². The Balaban J connectivity index is 1.74. The summed E-state index contributed by atoms with van der Waals surface area (Å²) in [6, 6.07) is 5.45. The SMILES string of the molecule is C=CC(=O)N1CCN2c3nc(=O)n(-c4c(C)ccnc4C(C)C)c4nc(-c5c(O)cccc5F)c(C=C)c(c34)OC[C@H]2C1. The van der Waals surface area contributed by atoms with Crippen LogP contribution in [0, 0.1) is 12.7 Å². The molecule has 0 bridgehead atoms. The number of piperazine rings is 1. The number of aromatic hydroxyl groups is 1. The number of fused-ring (bicyclic) bond motifs is 2. The summed E-state index contributed by atoms with van der Waals surface area (Å²) in [7, 11) is 0. The molecule has 10 nitrogen and oxygen atoms in total. The van der Waals surface area contributed by atoms with E-state index in [1.54, 1.807) is 17.2 Å². The number of rotatable bonds is 5. The van der Waals surface area contributed by atoms with Crippen LogP contribution >= 0.6 is 0 Å². The Morgan fingerprint density at radius 1 is 1.21 bits per heavy atom. The summed E-state index contributed by atoms with van der Waals surface area (Å²) < 4.78 is 23.2. The first-order valence-electron chi connectivity index (χ1n) is 14.0. The van der Waals surface area contributed by atoms with Crippen molar-refractivity contribution in [1.29, 1.82) is 0 Å². The number of nitrogens with zero attached hydrogens (tertiary/aromatic N) is 6. The highest BCUT2D eigenvalue weighted by atomic mass is 19.1. The Morgan fingerprint density at radius 2 is 2.00 bits per heavy atom. The molecule has 11 heteroatoms. The number of pyridine rings is 2. The maximum atomic E-state index is 15.4. The van der Waals surface area contributed by atoms with Gasteiger partial charge in [-0.15, -0.1) is 0 Å². The molecule has 220 valence electrons. The van der Waals surface area contributed by atoms with E-state index in [-0.39, 0.29) is 47.1 Å². The molecule has 1 aromatic carbocycles. The number of phenolic OH excluding ortho intramolecular Hbond substituents is 1. The van der Waals surface area contributed by atoms with Crippen LogP contribution in [-0.2, 0) is 4.79 Å². The molecule has 2 aliphatic heterocycles. The molecule has 6 rings (SSSR count). The molecule has 3 aromatic heterocycles. The fourth-order valence-electron chi connectivity index (χ4n) is 5.97. The monoisotopic (exact) mass is 582 g/mol. The van der Waals surface area contributed by atoms with Crippen molar-refractivity contribution in [3.63, 3.8) is 0 Å². The molecule has 1 amide bonds. The summed E-state index contributed by atoms with van der Waals surface area (Å²) in [5.41, 5.74) is 1.80. The molecule has 0 aliphatic carbocycles. The summed E-state index contributed by atoms with van der Waals surface area (Å²) in [6.45, 7) is 14.6. The van der Waals surface area contributed by atoms with Gasteiger partial charge in [0.15, 0.2) is 5.65 Å². The van der Waals surface area contributed by atoms with Gasteiger partial charge in [-0.25, -0.2) is 18.7 Å². The van der Waals surface area contributed by atoms with E-state index in [0.29, 0.717) is 53.5 Å². The second kappa shape index (κ2) is 10.6. The summed E-state index contributed by atoms with van der Waals surface area (Å²) in [5.74, 6) is -0.616. The van der Waals surface area contributed by atoms with Gasteiger partial charge >= 0.3 is 5.69 Å². The van der Waals surface area contributed by atoms with Crippen LogP contribution in [0.15, 0.2) is 54.5 Å². The fraction of sp³-hybridized carbons (Fsp3) is 0.281. The minimum atomic E-state index is -0.699. The molecule has 4 aromatic rings. The fourth-order valence-corrected chi connectivity index (χ4v) is 5.97. The maximum Gasteiger partial charge on any atom is 0.355 e. The van der Waals surface area contributed by atoms with E-state index in [9.17, 15) is 14.7 Å². The second-order valence-corrected chi connectivity index (χ2v) is 11.0. The maximum absolute atomic E-state index is 15.4. The number of phenols is 1. The van der Waals surface area contributed by atoms with Gasteiger partial charge in [-0.2, -0.15) is 4.98 Å². The number of halogens is 1. The first-order valence-corrected chi connectivity index (χ1v) is 14.0. The lowest BCUT2D eigenvalue weighted by molar-refractivity contribution is -0.126. The van der Waals surface area contributed by atoms with E-state index >= 15 is 4.39 Å². The molecule has 2 aliphatic rings. The average molecular weight is 583 g/mol. The topological polar surface area (TPSA) is 114 Å². The standard InChI is InChI=1S/C32H31FN6O4/c1-6-20-27(24-21(33)9-8-10-22(24)40)35-31-25-29(20)43-16-19-15-37(23(41)7-2)13-14-38(19)30(25)36-32(42)39(31)28-18(5)11-12-34-26(28)17(3)4/h6-12,17,19,40H,1-2,13-16H2,3-5H3/t19-/m1/s1. The van der Waals surface area contributed by atoms with E-state index in [4.69, 9.17) is 9.72 Å². The largest absolute Gasteiger partial charge is 0.507 e. The van der Waals surface area contributed by atoms with E-state index in [2.05, 4.69) is 23.1 Å². The molecular weight excluding hydrogens is 551 g/mol. The van der Waals surface area contributed by atoms with Gasteiger partial charge in [-0.3, -0.25) is 9.78 Å². The molecule has 1 saturated heterocycles. The molecule has 1 fully saturated rings. The molecule has 0 saturated carbocycles. The molecular formula is C32H31FN6O4. The van der Waals surface area contributed by atoms with Crippen LogP contribution in [-0.4, -0.2) is 67.7 Å². The van der Waals surface area contributed by atoms with Crippen molar-refractivity contribution in [3.05, 3.63) is 82.8 Å². The number of aromatic nitrogens is 4. The predicted molar refractivity (Wildman–Crippen MR) is 162 cm³/mol. The van der Waals surface area contributed by atoms with Crippen LogP contribution in [0.25, 0.3) is 34.1 Å². The highest BCUT2D eigenvalue weighted by Gasteiger charge is 2.37. The molecule has 1 N–H and O–H groups in total. The molecule has 5 heterocycles. The molecule has 0 spiro atoms. The number of benzene rings is 1. The van der Waals surface area contributed by atoms with Gasteiger partial charge in [0.1, 0.15) is 35.1 Å². The average Bonchev–Trinajstić information content (AvgIpc) is 3.14. The lowest BCUT2D eigenvalue weighted by Crippen LogP contribution is -2.56. The Hall–Kier alpha value is -5.06. The summed E-state index contributed by atoms with van der Waals surface area (Å²) >= 11 is 0. The van der Waals surface area contributed by atoms with Crippen molar-refractivity contribution in [2.24, 2.45) is 0 Å². The number of aryl methyl sites for hydroxylation is 1. The van der Waals surface area contributed by atoms with Crippen LogP contribution < -0.4 is 15.3 Å². The number of hydrogen-bond acceptors (Lipinski definition) is 8. The van der Waals surface area contributed by atoms with E-state index < -0.39 is 11.5 Å². The first-order chi connectivity index (χ1) is 20.7. The summed E-state index contributed by atoms with van der Waals surface area (Å²) in [4.78, 5) is 44.3. The highest BCUT2D eigenvalue weighted by Crippen LogP contribution is 2.45. The quantitative estimate of drug-likeness (QED) is 0.346. The molecule has 43 heavy (non-hydrogen) atoms. The van der Waals surface area contributed by atoms with Gasteiger partial charge in [0.05, 0.1) is 28.7 Å². The van der Waals surface area contributed by atoms with Crippen LogP contribution in [0.2, 0.25) is 0 Å². The minimum Gasteiger partial charge on any atom is -0.507 e. The minimum absolute atomic E-state index is 0.0506. The third-order valence-corrected chi connectivity index (χ3v) is 8.01. The predicted octanol–water partition coefficient (Wildman–Crippen LogP) is 4.36. The normalized spacial score (nSPS) is 16.1. The molecule has 1 atom stereocenters. The highest BCUT2D eigenvalue weighted by molar-refractivity contribution is 6.00. The van der Waals surface area contributed by atoms with Gasteiger partial charge < -0.3 is 19.6 Å². The number of anilines is 1. The Kier molecular flexibility index (Phi) is 6.95. The van der Waals surface area contributed by atoms with Crippen molar-refractivity contribution in [3.8, 4) is 28.4 Å². The number of ether oxygens (including phenoxy) is 1. The third kappa shape index (κ3) is 4.43. The Labute approximate surface area is 247 Å². The summed E-state index contributed by atoms with van der Waals surface area (Å²) in [5, 5.41) is 11.2. The van der Waals surface area contributed by atoms with Crippen molar-refractivity contribution in [2.75, 3.05) is 31.1 Å². The van der Waals surface area contributed by atoms with E-state index in [0.717, 1.165) is 5.56 Å². The van der Waals surface area contributed by atoms with Crippen LogP contribution in [0.1, 0.15) is 36.6 Å². The zero-order valence-corrected chi connectivity index (χ0v) is 24.2. The Bertz CT molecular complexity index is 1860. The van der Waals surface area contributed by atoms with Crippen molar-refractivity contribution in [2.45, 2.75) is 32.7 Å². The first kappa shape index (κ1) is 28.1. The lowest BCUT2D eigenvalue weighted by atomic mass is 10.0. The molecule has 0 radical (unpaired) electrons. The Morgan fingerprint density at radius 3 is 2.70 bits per heavy atom. The number of carbonyl (C=O) groups excluding carboxylic acids is 1. The number of hydrogen-bond donors (Lipinski definition) is 1. The zero-order chi connectivity index (χ0) is 30.6. The van der Waals surface area contributed by atoms with E-state index in [1.807, 2.05) is 25.7 Å². The van der Waals surface area contributed by atoms with Crippen LogP contribution in [0.3, 0.4) is 0 Å². The van der Waals surface area contributed by atoms with Crippen LogP contribution in [0.5, 0.6) is 11.5 Å². The van der Waals surface area contributed by atoms with Gasteiger partial charge in [0, 0.05) is 31.4 Å². The lowest BCUT2D eigenvalue weighted by Gasteiger charge is -2.40. The number of carbonyl (C=O) groups is 1. The van der Waals surface area contributed by atoms with Crippen molar-refractivity contribution < 1.29 is 19.0 Å². The van der Waals surface area contributed by atoms with Gasteiger partial charge in [-0.1, -0.05) is 39.1 Å².